The van der Waals surface area contributed by atoms with Gasteiger partial charge in [0.05, 0.1) is 0 Å². The SMILES string of the molecule is CCNC1CC#CCC1. The molecular weight excluding hydrogens is 110 g/mol. The van der Waals surface area contributed by atoms with Crippen molar-refractivity contribution in [2.24, 2.45) is 0 Å². The quantitative estimate of drug-likeness (QED) is 0.543. The minimum atomic E-state index is 0.677. The van der Waals surface area contributed by atoms with Crippen LogP contribution in [0, 0.1) is 11.8 Å². The van der Waals surface area contributed by atoms with Gasteiger partial charge in [0, 0.05) is 18.9 Å². The molecule has 1 nitrogen and oxygen atoms in total. The monoisotopic (exact) mass is 123 g/mol. The van der Waals surface area contributed by atoms with Gasteiger partial charge in [-0.3, -0.25) is 0 Å². The van der Waals surface area contributed by atoms with E-state index < -0.39 is 0 Å². The van der Waals surface area contributed by atoms with E-state index in [9.17, 15) is 0 Å². The van der Waals surface area contributed by atoms with Gasteiger partial charge in [0.1, 0.15) is 0 Å². The van der Waals surface area contributed by atoms with E-state index in [1.54, 1.807) is 0 Å². The van der Waals surface area contributed by atoms with Gasteiger partial charge < -0.3 is 5.32 Å². The van der Waals surface area contributed by atoms with E-state index in [-0.39, 0.29) is 0 Å². The molecule has 0 saturated carbocycles. The van der Waals surface area contributed by atoms with E-state index in [0.29, 0.717) is 6.04 Å². The molecule has 0 aliphatic heterocycles. The van der Waals surface area contributed by atoms with E-state index in [4.69, 9.17) is 0 Å². The molecule has 0 heterocycles. The molecule has 0 aromatic carbocycles. The Kier molecular flexibility index (Phi) is 2.60. The average Bonchev–Trinajstić information content (AvgIpc) is 1.91. The predicted octanol–water partition coefficient (Wildman–Crippen LogP) is 1.15. The van der Waals surface area contributed by atoms with Crippen molar-refractivity contribution in [1.82, 2.24) is 5.32 Å². The zero-order valence-corrected chi connectivity index (χ0v) is 5.91. The van der Waals surface area contributed by atoms with Crippen molar-refractivity contribution in [3.63, 3.8) is 0 Å². The molecule has 1 heteroatoms. The molecule has 1 aliphatic carbocycles. The summed E-state index contributed by atoms with van der Waals surface area (Å²) in [6, 6.07) is 0.677. The molecule has 1 aliphatic rings. The highest BCUT2D eigenvalue weighted by atomic mass is 14.9. The number of nitrogens with one attached hydrogen (secondary N) is 1. The lowest BCUT2D eigenvalue weighted by atomic mass is 10.0. The third-order valence-electron chi connectivity index (χ3n) is 1.58. The van der Waals surface area contributed by atoms with Crippen molar-refractivity contribution in [2.75, 3.05) is 6.54 Å². The molecule has 0 spiro atoms. The summed E-state index contributed by atoms with van der Waals surface area (Å²) in [5.41, 5.74) is 0. The lowest BCUT2D eigenvalue weighted by Crippen LogP contribution is -2.29. The van der Waals surface area contributed by atoms with Crippen molar-refractivity contribution >= 4 is 0 Å². The number of hydrogen-bond acceptors (Lipinski definition) is 1. The van der Waals surface area contributed by atoms with Crippen LogP contribution in [-0.2, 0) is 0 Å². The molecule has 9 heavy (non-hydrogen) atoms. The second-order valence-electron chi connectivity index (χ2n) is 2.35. The van der Waals surface area contributed by atoms with Crippen molar-refractivity contribution < 1.29 is 0 Å². The Morgan fingerprint density at radius 2 is 2.44 bits per heavy atom. The van der Waals surface area contributed by atoms with E-state index in [2.05, 4.69) is 24.1 Å². The van der Waals surface area contributed by atoms with Gasteiger partial charge in [0.2, 0.25) is 0 Å². The Morgan fingerprint density at radius 3 is 3.00 bits per heavy atom. The maximum Gasteiger partial charge on any atom is 0.0243 e. The zero-order valence-electron chi connectivity index (χ0n) is 5.91. The molecule has 0 radical (unpaired) electrons. The molecule has 1 unspecified atom stereocenters. The third-order valence-corrected chi connectivity index (χ3v) is 1.58. The van der Waals surface area contributed by atoms with Crippen LogP contribution in [-0.4, -0.2) is 12.6 Å². The Morgan fingerprint density at radius 1 is 1.56 bits per heavy atom. The normalized spacial score (nSPS) is 24.8. The third kappa shape index (κ3) is 2.07. The van der Waals surface area contributed by atoms with Crippen molar-refractivity contribution in [2.45, 2.75) is 32.2 Å². The summed E-state index contributed by atoms with van der Waals surface area (Å²) in [4.78, 5) is 0. The molecule has 0 amide bonds. The molecule has 0 aromatic heterocycles. The van der Waals surface area contributed by atoms with Crippen molar-refractivity contribution in [3.8, 4) is 11.8 Å². The standard InChI is InChI=1S/C8H13N/c1-2-9-8-6-4-3-5-7-8/h8-9H,2,4,6-7H2,1H3. The van der Waals surface area contributed by atoms with E-state index in [0.717, 1.165) is 19.4 Å². The number of rotatable bonds is 2. The minimum absolute atomic E-state index is 0.677. The lowest BCUT2D eigenvalue weighted by molar-refractivity contribution is 0.502. The highest BCUT2D eigenvalue weighted by molar-refractivity contribution is 5.06. The van der Waals surface area contributed by atoms with Crippen LogP contribution in [0.25, 0.3) is 0 Å². The van der Waals surface area contributed by atoms with Gasteiger partial charge in [0.25, 0.3) is 0 Å². The average molecular weight is 123 g/mol. The van der Waals surface area contributed by atoms with Crippen LogP contribution >= 0.6 is 0 Å². The highest BCUT2D eigenvalue weighted by Gasteiger charge is 2.05. The van der Waals surface area contributed by atoms with Crippen LogP contribution in [0.1, 0.15) is 26.2 Å². The molecular formula is C8H13N. The Labute approximate surface area is 56.8 Å². The first-order valence-electron chi connectivity index (χ1n) is 3.62. The summed E-state index contributed by atoms with van der Waals surface area (Å²) in [7, 11) is 0. The summed E-state index contributed by atoms with van der Waals surface area (Å²) >= 11 is 0. The second-order valence-corrected chi connectivity index (χ2v) is 2.35. The summed E-state index contributed by atoms with van der Waals surface area (Å²) in [5.74, 6) is 6.19. The first-order valence-corrected chi connectivity index (χ1v) is 3.62. The first-order chi connectivity index (χ1) is 4.43. The van der Waals surface area contributed by atoms with Gasteiger partial charge in [-0.25, -0.2) is 0 Å². The second kappa shape index (κ2) is 3.53. The van der Waals surface area contributed by atoms with E-state index >= 15 is 0 Å². The van der Waals surface area contributed by atoms with Crippen LogP contribution in [0.2, 0.25) is 0 Å². The summed E-state index contributed by atoms with van der Waals surface area (Å²) < 4.78 is 0. The molecule has 1 N–H and O–H groups in total. The first kappa shape index (κ1) is 6.64. The number of hydrogen-bond donors (Lipinski definition) is 1. The topological polar surface area (TPSA) is 12.0 Å². The van der Waals surface area contributed by atoms with Gasteiger partial charge in [-0.05, 0) is 13.0 Å². The van der Waals surface area contributed by atoms with Crippen LogP contribution in [0.4, 0.5) is 0 Å². The zero-order chi connectivity index (χ0) is 6.53. The fraction of sp³-hybridized carbons (Fsp3) is 0.750. The molecule has 1 atom stereocenters. The minimum Gasteiger partial charge on any atom is -0.313 e. The molecule has 0 saturated heterocycles. The summed E-state index contributed by atoms with van der Waals surface area (Å²) in [6.07, 6.45) is 3.37. The molecule has 50 valence electrons. The molecule has 0 fully saturated rings. The van der Waals surface area contributed by atoms with Gasteiger partial charge in [-0.1, -0.05) is 6.92 Å². The molecule has 0 bridgehead atoms. The fourth-order valence-corrected chi connectivity index (χ4v) is 1.10. The summed E-state index contributed by atoms with van der Waals surface area (Å²) in [6.45, 7) is 3.22. The van der Waals surface area contributed by atoms with Crippen molar-refractivity contribution in [1.29, 1.82) is 0 Å². The van der Waals surface area contributed by atoms with Crippen LogP contribution in [0.5, 0.6) is 0 Å². The maximum absolute atomic E-state index is 3.38. The Hall–Kier alpha value is -0.480. The van der Waals surface area contributed by atoms with Gasteiger partial charge in [-0.2, -0.15) is 0 Å². The smallest absolute Gasteiger partial charge is 0.0243 e. The Balaban J connectivity index is 2.22. The van der Waals surface area contributed by atoms with Gasteiger partial charge >= 0.3 is 0 Å². The lowest BCUT2D eigenvalue weighted by Gasteiger charge is -2.15. The fourth-order valence-electron chi connectivity index (χ4n) is 1.10. The largest absolute Gasteiger partial charge is 0.313 e. The Bertz CT molecular complexity index is 129. The maximum atomic E-state index is 3.38. The van der Waals surface area contributed by atoms with Crippen LogP contribution < -0.4 is 5.32 Å². The van der Waals surface area contributed by atoms with Gasteiger partial charge in [0.15, 0.2) is 0 Å². The molecule has 0 aromatic rings. The summed E-state index contributed by atoms with van der Waals surface area (Å²) in [5, 5.41) is 3.38. The van der Waals surface area contributed by atoms with Crippen LogP contribution in [0.3, 0.4) is 0 Å². The van der Waals surface area contributed by atoms with Gasteiger partial charge in [-0.15, -0.1) is 11.8 Å². The van der Waals surface area contributed by atoms with E-state index in [1.807, 2.05) is 0 Å². The predicted molar refractivity (Wildman–Crippen MR) is 39.1 cm³/mol. The van der Waals surface area contributed by atoms with Crippen molar-refractivity contribution in [3.05, 3.63) is 0 Å². The van der Waals surface area contributed by atoms with E-state index in [1.165, 1.54) is 6.42 Å². The van der Waals surface area contributed by atoms with Crippen LogP contribution in [0.15, 0.2) is 0 Å². The molecule has 1 rings (SSSR count). The highest BCUT2D eigenvalue weighted by Crippen LogP contribution is 2.04.